The summed E-state index contributed by atoms with van der Waals surface area (Å²) in [6.45, 7) is 0. The molecule has 0 radical (unpaired) electrons. The normalized spacial score (nSPS) is 11.2. The van der Waals surface area contributed by atoms with Crippen molar-refractivity contribution in [2.24, 2.45) is 5.73 Å². The molecule has 0 aliphatic rings. The number of hydrogen-bond acceptors (Lipinski definition) is 3. The van der Waals surface area contributed by atoms with Crippen LogP contribution in [0.4, 0.5) is 0 Å². The second kappa shape index (κ2) is 6.21. The van der Waals surface area contributed by atoms with Crippen molar-refractivity contribution in [1.29, 1.82) is 0 Å². The van der Waals surface area contributed by atoms with Crippen LogP contribution < -0.4 is 11.1 Å². The molecule has 2 aromatic rings. The number of amides is 2. The lowest BCUT2D eigenvalue weighted by Crippen LogP contribution is -2.31. The summed E-state index contributed by atoms with van der Waals surface area (Å²) in [7, 11) is 0. The lowest BCUT2D eigenvalue weighted by atomic mass is 10.2. The minimum atomic E-state index is -0.746. The van der Waals surface area contributed by atoms with E-state index in [-0.39, 0.29) is 5.70 Å². The Morgan fingerprint density at radius 3 is 2.65 bits per heavy atom. The average molecular weight is 335 g/mol. The number of nitrogens with one attached hydrogen (secondary N) is 1. The predicted octanol–water partition coefficient (Wildman–Crippen LogP) is 2.30. The van der Waals surface area contributed by atoms with E-state index in [9.17, 15) is 9.59 Å². The zero-order valence-electron chi connectivity index (χ0n) is 10.3. The fourth-order valence-electron chi connectivity index (χ4n) is 1.51. The van der Waals surface area contributed by atoms with Gasteiger partial charge in [-0.05, 0) is 30.3 Å². The molecule has 20 heavy (non-hydrogen) atoms. The molecule has 3 N–H and O–H groups in total. The summed E-state index contributed by atoms with van der Waals surface area (Å²) in [6.07, 6.45) is 2.83. The van der Waals surface area contributed by atoms with Crippen molar-refractivity contribution in [3.63, 3.8) is 0 Å². The molecule has 2 amide bonds. The monoisotopic (exact) mass is 334 g/mol. The number of rotatable bonds is 4. The molecule has 0 aliphatic heterocycles. The van der Waals surface area contributed by atoms with Gasteiger partial charge in [-0.1, -0.05) is 22.0 Å². The van der Waals surface area contributed by atoms with E-state index in [2.05, 4.69) is 21.2 Å². The van der Waals surface area contributed by atoms with E-state index in [1.54, 1.807) is 36.4 Å². The Kier molecular flexibility index (Phi) is 4.37. The van der Waals surface area contributed by atoms with Crippen LogP contribution >= 0.6 is 15.9 Å². The summed E-state index contributed by atoms with van der Waals surface area (Å²) in [6, 6.07) is 10.1. The Labute approximate surface area is 123 Å². The van der Waals surface area contributed by atoms with Crippen molar-refractivity contribution in [3.8, 4) is 0 Å². The van der Waals surface area contributed by atoms with Gasteiger partial charge in [0.2, 0.25) is 0 Å². The highest BCUT2D eigenvalue weighted by molar-refractivity contribution is 9.10. The highest BCUT2D eigenvalue weighted by Gasteiger charge is 2.12. The second-order valence-corrected chi connectivity index (χ2v) is 4.82. The van der Waals surface area contributed by atoms with Gasteiger partial charge < -0.3 is 15.5 Å². The molecule has 102 valence electrons. The van der Waals surface area contributed by atoms with Gasteiger partial charge in [-0.3, -0.25) is 9.59 Å². The van der Waals surface area contributed by atoms with Crippen LogP contribution in [0.15, 0.2) is 57.2 Å². The fraction of sp³-hybridized carbons (Fsp3) is 0. The molecule has 1 aromatic heterocycles. The third kappa shape index (κ3) is 3.58. The quantitative estimate of drug-likeness (QED) is 0.841. The summed E-state index contributed by atoms with van der Waals surface area (Å²) in [5.41, 5.74) is 5.61. The summed E-state index contributed by atoms with van der Waals surface area (Å²) < 4.78 is 5.84. The van der Waals surface area contributed by atoms with Crippen LogP contribution in [-0.2, 0) is 4.79 Å². The molecular formula is C14H11BrN2O3. The maximum absolute atomic E-state index is 12.0. The Balaban J connectivity index is 2.21. The number of nitrogens with two attached hydrogens (primary N) is 1. The van der Waals surface area contributed by atoms with E-state index in [1.807, 2.05) is 0 Å². The highest BCUT2D eigenvalue weighted by atomic mass is 79.9. The number of benzene rings is 1. The van der Waals surface area contributed by atoms with Crippen LogP contribution in [0, 0.1) is 0 Å². The van der Waals surface area contributed by atoms with Gasteiger partial charge in [0.05, 0.1) is 6.26 Å². The zero-order chi connectivity index (χ0) is 14.5. The lowest BCUT2D eigenvalue weighted by Gasteiger charge is -2.06. The highest BCUT2D eigenvalue weighted by Crippen LogP contribution is 2.12. The summed E-state index contributed by atoms with van der Waals surface area (Å²) in [4.78, 5) is 23.4. The van der Waals surface area contributed by atoms with Gasteiger partial charge in [-0.25, -0.2) is 0 Å². The van der Waals surface area contributed by atoms with E-state index in [0.29, 0.717) is 11.3 Å². The SMILES string of the molecule is NC(=O)/C(=C\c1ccco1)NC(=O)c1cccc(Br)c1. The number of hydrogen-bond donors (Lipinski definition) is 2. The Bertz CT molecular complexity index is 663. The van der Waals surface area contributed by atoms with Gasteiger partial charge in [0.1, 0.15) is 11.5 Å². The van der Waals surface area contributed by atoms with Crippen LogP contribution in [0.5, 0.6) is 0 Å². The maximum Gasteiger partial charge on any atom is 0.265 e. The molecular weight excluding hydrogens is 324 g/mol. The maximum atomic E-state index is 12.0. The first kappa shape index (κ1) is 14.1. The number of primary amides is 1. The summed E-state index contributed by atoms with van der Waals surface area (Å²) in [5.74, 6) is -0.749. The standard InChI is InChI=1S/C14H11BrN2O3/c15-10-4-1-3-9(7-10)14(19)17-12(13(16)18)8-11-5-2-6-20-11/h1-8H,(H2,16,18)(H,17,19)/b12-8+. The third-order valence-corrected chi connectivity index (χ3v) is 2.92. The molecule has 0 bridgehead atoms. The van der Waals surface area contributed by atoms with Crippen LogP contribution in [-0.4, -0.2) is 11.8 Å². The molecule has 0 aliphatic carbocycles. The van der Waals surface area contributed by atoms with E-state index in [0.717, 1.165) is 4.47 Å². The fourth-order valence-corrected chi connectivity index (χ4v) is 1.91. The van der Waals surface area contributed by atoms with E-state index >= 15 is 0 Å². The Morgan fingerprint density at radius 1 is 1.25 bits per heavy atom. The molecule has 0 spiro atoms. The first-order chi connectivity index (χ1) is 9.56. The molecule has 5 nitrogen and oxygen atoms in total. The zero-order valence-corrected chi connectivity index (χ0v) is 11.9. The van der Waals surface area contributed by atoms with Gasteiger partial charge in [0.25, 0.3) is 11.8 Å². The molecule has 1 heterocycles. The lowest BCUT2D eigenvalue weighted by molar-refractivity contribution is -0.114. The van der Waals surface area contributed by atoms with Crippen LogP contribution in [0.25, 0.3) is 6.08 Å². The first-order valence-corrected chi connectivity index (χ1v) is 6.47. The summed E-state index contributed by atoms with van der Waals surface area (Å²) >= 11 is 3.27. The van der Waals surface area contributed by atoms with Gasteiger partial charge in [0.15, 0.2) is 0 Å². The average Bonchev–Trinajstić information content (AvgIpc) is 2.90. The molecule has 0 unspecified atom stereocenters. The minimum Gasteiger partial charge on any atom is -0.465 e. The van der Waals surface area contributed by atoms with Crippen molar-refractivity contribution in [2.45, 2.75) is 0 Å². The molecule has 0 saturated heterocycles. The smallest absolute Gasteiger partial charge is 0.265 e. The van der Waals surface area contributed by atoms with Crippen LogP contribution in [0.1, 0.15) is 16.1 Å². The van der Waals surface area contributed by atoms with Crippen molar-refractivity contribution in [1.82, 2.24) is 5.32 Å². The number of halogens is 1. The number of furan rings is 1. The Morgan fingerprint density at radius 2 is 2.05 bits per heavy atom. The van der Waals surface area contributed by atoms with Gasteiger partial charge >= 0.3 is 0 Å². The largest absolute Gasteiger partial charge is 0.465 e. The van der Waals surface area contributed by atoms with Crippen molar-refractivity contribution in [3.05, 3.63) is 64.2 Å². The summed E-state index contributed by atoms with van der Waals surface area (Å²) in [5, 5.41) is 2.47. The predicted molar refractivity (Wildman–Crippen MR) is 77.5 cm³/mol. The van der Waals surface area contributed by atoms with E-state index < -0.39 is 11.8 Å². The molecule has 0 saturated carbocycles. The molecule has 1 aromatic carbocycles. The number of carbonyl (C=O) groups excluding carboxylic acids is 2. The van der Waals surface area contributed by atoms with Crippen molar-refractivity contribution < 1.29 is 14.0 Å². The topological polar surface area (TPSA) is 85.3 Å². The van der Waals surface area contributed by atoms with Crippen LogP contribution in [0.2, 0.25) is 0 Å². The second-order valence-electron chi connectivity index (χ2n) is 3.90. The number of carbonyl (C=O) groups is 2. The Hall–Kier alpha value is -2.34. The van der Waals surface area contributed by atoms with Crippen LogP contribution in [0.3, 0.4) is 0 Å². The van der Waals surface area contributed by atoms with Crippen molar-refractivity contribution in [2.75, 3.05) is 0 Å². The van der Waals surface area contributed by atoms with Gasteiger partial charge in [-0.2, -0.15) is 0 Å². The van der Waals surface area contributed by atoms with Gasteiger partial charge in [0, 0.05) is 16.1 Å². The van der Waals surface area contributed by atoms with E-state index in [1.165, 1.54) is 12.3 Å². The minimum absolute atomic E-state index is 0.0371. The van der Waals surface area contributed by atoms with Gasteiger partial charge in [-0.15, -0.1) is 0 Å². The molecule has 6 heteroatoms. The van der Waals surface area contributed by atoms with E-state index in [4.69, 9.17) is 10.2 Å². The molecule has 2 rings (SSSR count). The molecule has 0 fully saturated rings. The third-order valence-electron chi connectivity index (χ3n) is 2.43. The first-order valence-electron chi connectivity index (χ1n) is 5.68. The van der Waals surface area contributed by atoms with Crippen molar-refractivity contribution >= 4 is 33.8 Å². The molecule has 0 atom stereocenters.